The molecule has 0 bridgehead atoms. The first-order chi connectivity index (χ1) is 13.7. The molecule has 0 aliphatic rings. The zero-order valence-electron chi connectivity index (χ0n) is 17.1. The molecule has 0 aliphatic carbocycles. The first-order valence-electron chi connectivity index (χ1n) is 9.50. The average Bonchev–Trinajstić information content (AvgIpc) is 3.31. The van der Waals surface area contributed by atoms with Crippen molar-refractivity contribution in [2.75, 3.05) is 6.54 Å². The van der Waals surface area contributed by atoms with Crippen LogP contribution in [0.25, 0.3) is 0 Å². The molecule has 0 spiro atoms. The molecule has 1 aromatic carbocycles. The number of aliphatic imine (C=N–C) groups is 1. The van der Waals surface area contributed by atoms with E-state index in [9.17, 15) is 0 Å². The monoisotopic (exact) mass is 525 g/mol. The fourth-order valence-corrected chi connectivity index (χ4v) is 3.47. The van der Waals surface area contributed by atoms with E-state index in [2.05, 4.69) is 44.9 Å². The van der Waals surface area contributed by atoms with Crippen molar-refractivity contribution in [3.8, 4) is 0 Å². The SMILES string of the molecule is CCc1cnc(CCNC(=NCc2ccccc2)NCc2nnc(C)n2C)s1.I. The number of benzene rings is 1. The Kier molecular flexibility index (Phi) is 9.52. The van der Waals surface area contributed by atoms with Gasteiger partial charge in [0.25, 0.3) is 0 Å². The summed E-state index contributed by atoms with van der Waals surface area (Å²) in [5, 5.41) is 16.2. The molecule has 156 valence electrons. The van der Waals surface area contributed by atoms with Gasteiger partial charge in [0, 0.05) is 31.1 Å². The summed E-state index contributed by atoms with van der Waals surface area (Å²) in [5.41, 5.74) is 1.17. The van der Waals surface area contributed by atoms with Crippen LogP contribution in [0.2, 0.25) is 0 Å². The van der Waals surface area contributed by atoms with Gasteiger partial charge in [0.15, 0.2) is 11.8 Å². The van der Waals surface area contributed by atoms with Crippen LogP contribution in [0.3, 0.4) is 0 Å². The Morgan fingerprint density at radius 1 is 1.17 bits per heavy atom. The molecule has 0 saturated carbocycles. The summed E-state index contributed by atoms with van der Waals surface area (Å²) in [5.74, 6) is 2.53. The van der Waals surface area contributed by atoms with Gasteiger partial charge < -0.3 is 15.2 Å². The molecule has 3 rings (SSSR count). The first-order valence-corrected chi connectivity index (χ1v) is 10.3. The predicted molar refractivity (Wildman–Crippen MR) is 129 cm³/mol. The third-order valence-electron chi connectivity index (χ3n) is 4.44. The molecular formula is C20H28IN7S. The van der Waals surface area contributed by atoms with E-state index < -0.39 is 0 Å². The van der Waals surface area contributed by atoms with Gasteiger partial charge in [-0.2, -0.15) is 0 Å². The minimum atomic E-state index is 0. The maximum absolute atomic E-state index is 4.72. The molecule has 0 amide bonds. The van der Waals surface area contributed by atoms with Crippen molar-refractivity contribution in [2.45, 2.75) is 39.8 Å². The van der Waals surface area contributed by atoms with Gasteiger partial charge in [-0.15, -0.1) is 45.5 Å². The molecule has 0 fully saturated rings. The van der Waals surface area contributed by atoms with E-state index in [1.165, 1.54) is 10.4 Å². The van der Waals surface area contributed by atoms with Gasteiger partial charge in [-0.3, -0.25) is 0 Å². The van der Waals surface area contributed by atoms with Crippen LogP contribution in [0.5, 0.6) is 0 Å². The lowest BCUT2D eigenvalue weighted by atomic mass is 10.2. The Balaban J connectivity index is 0.00000300. The molecule has 2 aromatic heterocycles. The van der Waals surface area contributed by atoms with Crippen LogP contribution in [0.4, 0.5) is 0 Å². The fourth-order valence-electron chi connectivity index (χ4n) is 2.61. The zero-order valence-corrected chi connectivity index (χ0v) is 20.2. The van der Waals surface area contributed by atoms with Crippen molar-refractivity contribution in [3.05, 3.63) is 63.6 Å². The summed E-state index contributed by atoms with van der Waals surface area (Å²) in [7, 11) is 1.97. The second-order valence-electron chi connectivity index (χ2n) is 6.48. The van der Waals surface area contributed by atoms with Gasteiger partial charge in [0.2, 0.25) is 0 Å². The Morgan fingerprint density at radius 3 is 2.62 bits per heavy atom. The normalized spacial score (nSPS) is 11.2. The molecule has 2 heterocycles. The van der Waals surface area contributed by atoms with Crippen LogP contribution in [0.15, 0.2) is 41.5 Å². The molecule has 0 unspecified atom stereocenters. The molecule has 2 N–H and O–H groups in total. The lowest BCUT2D eigenvalue weighted by Crippen LogP contribution is -2.38. The average molecular weight is 525 g/mol. The van der Waals surface area contributed by atoms with E-state index in [0.717, 1.165) is 42.0 Å². The van der Waals surface area contributed by atoms with Crippen molar-refractivity contribution in [2.24, 2.45) is 12.0 Å². The van der Waals surface area contributed by atoms with Gasteiger partial charge in [-0.1, -0.05) is 37.3 Å². The number of rotatable bonds is 8. The Morgan fingerprint density at radius 2 is 1.97 bits per heavy atom. The van der Waals surface area contributed by atoms with Crippen molar-refractivity contribution in [3.63, 3.8) is 0 Å². The van der Waals surface area contributed by atoms with E-state index in [1.807, 2.05) is 42.9 Å². The highest BCUT2D eigenvalue weighted by molar-refractivity contribution is 14.0. The van der Waals surface area contributed by atoms with Crippen molar-refractivity contribution in [1.82, 2.24) is 30.4 Å². The van der Waals surface area contributed by atoms with Crippen LogP contribution in [0, 0.1) is 6.92 Å². The first kappa shape index (κ1) is 23.3. The Hall–Kier alpha value is -2.01. The van der Waals surface area contributed by atoms with E-state index in [4.69, 9.17) is 4.99 Å². The van der Waals surface area contributed by atoms with Gasteiger partial charge in [0.1, 0.15) is 5.82 Å². The van der Waals surface area contributed by atoms with Crippen LogP contribution < -0.4 is 10.6 Å². The number of nitrogens with zero attached hydrogens (tertiary/aromatic N) is 5. The lowest BCUT2D eigenvalue weighted by molar-refractivity contribution is 0.712. The van der Waals surface area contributed by atoms with Crippen LogP contribution >= 0.6 is 35.3 Å². The summed E-state index contributed by atoms with van der Waals surface area (Å²) < 4.78 is 1.98. The lowest BCUT2D eigenvalue weighted by Gasteiger charge is -2.12. The second kappa shape index (κ2) is 11.9. The smallest absolute Gasteiger partial charge is 0.191 e. The van der Waals surface area contributed by atoms with Crippen LogP contribution in [0.1, 0.15) is 34.0 Å². The molecule has 29 heavy (non-hydrogen) atoms. The number of guanidine groups is 1. The highest BCUT2D eigenvalue weighted by atomic mass is 127. The second-order valence-corrected chi connectivity index (χ2v) is 7.68. The summed E-state index contributed by atoms with van der Waals surface area (Å²) in [6.45, 7) is 6.05. The summed E-state index contributed by atoms with van der Waals surface area (Å²) in [6, 6.07) is 10.2. The molecule has 0 radical (unpaired) electrons. The maximum Gasteiger partial charge on any atom is 0.191 e. The Bertz CT molecular complexity index is 905. The summed E-state index contributed by atoms with van der Waals surface area (Å²) in [6.07, 6.45) is 3.88. The third kappa shape index (κ3) is 7.07. The topological polar surface area (TPSA) is 80.0 Å². The predicted octanol–water partition coefficient (Wildman–Crippen LogP) is 3.24. The quantitative estimate of drug-likeness (QED) is 0.268. The highest BCUT2D eigenvalue weighted by Gasteiger charge is 2.07. The number of aromatic nitrogens is 4. The number of hydrogen-bond donors (Lipinski definition) is 2. The minimum Gasteiger partial charge on any atom is -0.356 e. The van der Waals surface area contributed by atoms with Crippen LogP contribution in [-0.2, 0) is 33.0 Å². The molecule has 7 nitrogen and oxygen atoms in total. The maximum atomic E-state index is 4.72. The zero-order chi connectivity index (χ0) is 19.8. The molecule has 0 atom stereocenters. The number of hydrogen-bond acceptors (Lipinski definition) is 5. The van der Waals surface area contributed by atoms with Gasteiger partial charge >= 0.3 is 0 Å². The summed E-state index contributed by atoms with van der Waals surface area (Å²) in [4.78, 5) is 10.5. The molecule has 9 heteroatoms. The number of thiazole rings is 1. The van der Waals surface area contributed by atoms with Crippen LogP contribution in [-0.4, -0.2) is 32.3 Å². The van der Waals surface area contributed by atoms with Crippen molar-refractivity contribution < 1.29 is 0 Å². The largest absolute Gasteiger partial charge is 0.356 e. The number of aryl methyl sites for hydroxylation is 2. The fraction of sp³-hybridized carbons (Fsp3) is 0.400. The molecule has 0 aliphatic heterocycles. The van der Waals surface area contributed by atoms with E-state index in [0.29, 0.717) is 13.1 Å². The third-order valence-corrected chi connectivity index (χ3v) is 5.64. The van der Waals surface area contributed by atoms with E-state index >= 15 is 0 Å². The van der Waals surface area contributed by atoms with E-state index in [1.54, 1.807) is 11.3 Å². The molecular weight excluding hydrogens is 497 g/mol. The van der Waals surface area contributed by atoms with Gasteiger partial charge in [-0.05, 0) is 18.9 Å². The van der Waals surface area contributed by atoms with Gasteiger partial charge in [-0.25, -0.2) is 9.98 Å². The standard InChI is InChI=1S/C20H27N7S.HI/c1-4-17-13-22-19(28-17)10-11-21-20(23-12-16-8-6-5-7-9-16)24-14-18-26-25-15(2)27(18)3;/h5-9,13H,4,10-12,14H2,1-3H3,(H2,21,23,24);1H. The number of nitrogens with one attached hydrogen (secondary N) is 2. The van der Waals surface area contributed by atoms with Gasteiger partial charge in [0.05, 0.1) is 18.1 Å². The number of halogens is 1. The highest BCUT2D eigenvalue weighted by Crippen LogP contribution is 2.13. The minimum absolute atomic E-state index is 0. The molecule has 0 saturated heterocycles. The Labute approximate surface area is 193 Å². The van der Waals surface area contributed by atoms with Crippen molar-refractivity contribution >= 4 is 41.3 Å². The molecule has 3 aromatic rings. The summed E-state index contributed by atoms with van der Waals surface area (Å²) >= 11 is 1.78. The van der Waals surface area contributed by atoms with Crippen molar-refractivity contribution in [1.29, 1.82) is 0 Å². The van der Waals surface area contributed by atoms with E-state index in [-0.39, 0.29) is 24.0 Å².